The van der Waals surface area contributed by atoms with Crippen molar-refractivity contribution in [2.24, 2.45) is 0 Å². The van der Waals surface area contributed by atoms with Crippen LogP contribution in [-0.2, 0) is 4.74 Å². The van der Waals surface area contributed by atoms with Gasteiger partial charge in [-0.3, -0.25) is 10.00 Å². The van der Waals surface area contributed by atoms with Crippen molar-refractivity contribution in [2.45, 2.75) is 64.1 Å². The molecule has 0 spiro atoms. The van der Waals surface area contributed by atoms with E-state index in [1.807, 2.05) is 13.0 Å². The van der Waals surface area contributed by atoms with E-state index in [1.165, 1.54) is 12.8 Å². The van der Waals surface area contributed by atoms with E-state index in [0.29, 0.717) is 49.5 Å². The van der Waals surface area contributed by atoms with Crippen molar-refractivity contribution >= 4 is 23.4 Å². The average molecular weight is 452 g/mol. The van der Waals surface area contributed by atoms with E-state index in [0.717, 1.165) is 55.4 Å². The first kappa shape index (κ1) is 21.9. The molecule has 1 unspecified atom stereocenters. The molecule has 0 amide bonds. The lowest BCUT2D eigenvalue weighted by atomic mass is 9.97. The van der Waals surface area contributed by atoms with Crippen LogP contribution in [0.5, 0.6) is 0 Å². The van der Waals surface area contributed by atoms with E-state index in [1.54, 1.807) is 0 Å². The number of rotatable bonds is 7. The van der Waals surface area contributed by atoms with Gasteiger partial charge in [-0.25, -0.2) is 0 Å². The molecule has 3 fully saturated rings. The summed E-state index contributed by atoms with van der Waals surface area (Å²) < 4.78 is 5.55. The molecule has 33 heavy (non-hydrogen) atoms. The van der Waals surface area contributed by atoms with E-state index in [2.05, 4.69) is 43.6 Å². The van der Waals surface area contributed by atoms with E-state index in [-0.39, 0.29) is 0 Å². The maximum atomic E-state index is 9.01. The number of hydrogen-bond acceptors (Lipinski definition) is 9. The van der Waals surface area contributed by atoms with Gasteiger partial charge in [0.05, 0.1) is 19.3 Å². The first-order valence-electron chi connectivity index (χ1n) is 12.0. The summed E-state index contributed by atoms with van der Waals surface area (Å²) in [6.07, 6.45) is 5.22. The number of piperidine rings is 1. The average Bonchev–Trinajstić information content (AvgIpc) is 3.33. The summed E-state index contributed by atoms with van der Waals surface area (Å²) in [4.78, 5) is 14.6. The Morgan fingerprint density at radius 1 is 1.18 bits per heavy atom. The van der Waals surface area contributed by atoms with E-state index in [4.69, 9.17) is 20.0 Å². The first-order valence-corrected chi connectivity index (χ1v) is 12.0. The number of aromatic amines is 1. The largest absolute Gasteiger partial charge is 0.378 e. The number of aromatic nitrogens is 4. The van der Waals surface area contributed by atoms with Crippen molar-refractivity contribution in [3.63, 3.8) is 0 Å². The normalized spacial score (nSPS) is 25.1. The van der Waals surface area contributed by atoms with Crippen LogP contribution >= 0.6 is 0 Å². The molecule has 3 aliphatic heterocycles. The highest BCUT2D eigenvalue weighted by Crippen LogP contribution is 2.37. The molecule has 3 saturated heterocycles. The third-order valence-electron chi connectivity index (χ3n) is 7.08. The molecule has 3 atom stereocenters. The molecule has 5 rings (SSSR count). The second-order valence-corrected chi connectivity index (χ2v) is 9.35. The second-order valence-electron chi connectivity index (χ2n) is 9.35. The van der Waals surface area contributed by atoms with Crippen LogP contribution in [0.1, 0.15) is 43.4 Å². The van der Waals surface area contributed by atoms with Crippen LogP contribution in [-0.4, -0.2) is 76.0 Å². The number of anilines is 4. The summed E-state index contributed by atoms with van der Waals surface area (Å²) in [5.41, 5.74) is 2.05. The second kappa shape index (κ2) is 9.53. The van der Waals surface area contributed by atoms with Crippen LogP contribution < -0.4 is 15.5 Å². The number of nitrogens with one attached hydrogen (secondary N) is 3. The van der Waals surface area contributed by atoms with Gasteiger partial charge in [-0.2, -0.15) is 20.3 Å². The molecule has 0 radical (unpaired) electrons. The van der Waals surface area contributed by atoms with Gasteiger partial charge in [0.25, 0.3) is 0 Å². The molecular weight excluding hydrogens is 418 g/mol. The fourth-order valence-corrected chi connectivity index (χ4v) is 5.51. The maximum absolute atomic E-state index is 9.01. The molecule has 0 aliphatic carbocycles. The minimum Gasteiger partial charge on any atom is -0.378 e. The fourth-order valence-electron chi connectivity index (χ4n) is 5.51. The zero-order valence-electron chi connectivity index (χ0n) is 19.5. The number of nitrogens with zero attached hydrogens (tertiary/aromatic N) is 6. The quantitative estimate of drug-likeness (QED) is 0.584. The van der Waals surface area contributed by atoms with Crippen LogP contribution in [0.25, 0.3) is 0 Å². The lowest BCUT2D eigenvalue weighted by Crippen LogP contribution is -2.47. The summed E-state index contributed by atoms with van der Waals surface area (Å²) >= 11 is 0. The number of H-pyrrole nitrogens is 1. The SMILES string of the molecule is Cc1cc(Nc2nc(NC3C[C@H]4CC[C@@H](C3)N4CCC#N)c(C)c(N3CCOCC3)n2)n[nH]1. The number of nitriles is 1. The zero-order chi connectivity index (χ0) is 22.8. The molecule has 2 aromatic rings. The molecule has 2 bridgehead atoms. The third kappa shape index (κ3) is 4.75. The fraction of sp³-hybridized carbons (Fsp3) is 0.652. The van der Waals surface area contributed by atoms with Gasteiger partial charge in [0.1, 0.15) is 11.6 Å². The van der Waals surface area contributed by atoms with Crippen LogP contribution in [0.15, 0.2) is 6.07 Å². The summed E-state index contributed by atoms with van der Waals surface area (Å²) in [5, 5.41) is 23.3. The van der Waals surface area contributed by atoms with Gasteiger partial charge in [0, 0.05) is 61.5 Å². The Morgan fingerprint density at radius 3 is 2.61 bits per heavy atom. The highest BCUT2D eigenvalue weighted by Gasteiger charge is 2.40. The molecule has 0 aromatic carbocycles. The number of fused-ring (bicyclic) bond motifs is 2. The zero-order valence-corrected chi connectivity index (χ0v) is 19.5. The number of morpholine rings is 1. The van der Waals surface area contributed by atoms with Gasteiger partial charge in [-0.05, 0) is 39.5 Å². The molecule has 3 N–H and O–H groups in total. The van der Waals surface area contributed by atoms with Crippen molar-refractivity contribution in [2.75, 3.05) is 48.4 Å². The molecule has 176 valence electrons. The van der Waals surface area contributed by atoms with Gasteiger partial charge in [0.2, 0.25) is 5.95 Å². The predicted octanol–water partition coefficient (Wildman–Crippen LogP) is 2.72. The minimum absolute atomic E-state index is 0.368. The van der Waals surface area contributed by atoms with Crippen LogP contribution in [0, 0.1) is 25.2 Å². The highest BCUT2D eigenvalue weighted by molar-refractivity contribution is 5.64. The van der Waals surface area contributed by atoms with Crippen molar-refractivity contribution in [1.29, 1.82) is 5.26 Å². The number of hydrogen-bond donors (Lipinski definition) is 3. The number of ether oxygens (including phenoxy) is 1. The third-order valence-corrected chi connectivity index (χ3v) is 7.08. The summed E-state index contributed by atoms with van der Waals surface area (Å²) in [6, 6.07) is 5.73. The lowest BCUT2D eigenvalue weighted by molar-refractivity contribution is 0.122. The molecule has 5 heterocycles. The smallest absolute Gasteiger partial charge is 0.232 e. The minimum atomic E-state index is 0.368. The molecular formula is C23H33N9O. The van der Waals surface area contributed by atoms with Crippen molar-refractivity contribution in [3.05, 3.63) is 17.3 Å². The Balaban J connectivity index is 1.38. The van der Waals surface area contributed by atoms with E-state index < -0.39 is 0 Å². The Kier molecular flexibility index (Phi) is 6.33. The van der Waals surface area contributed by atoms with Gasteiger partial charge < -0.3 is 20.3 Å². The van der Waals surface area contributed by atoms with Gasteiger partial charge in [-0.1, -0.05) is 0 Å². The lowest BCUT2D eigenvalue weighted by Gasteiger charge is -2.39. The van der Waals surface area contributed by atoms with Gasteiger partial charge in [-0.15, -0.1) is 0 Å². The Bertz CT molecular complexity index is 996. The topological polar surface area (TPSA) is 118 Å². The van der Waals surface area contributed by atoms with Crippen LogP contribution in [0.2, 0.25) is 0 Å². The predicted molar refractivity (Wildman–Crippen MR) is 127 cm³/mol. The molecule has 0 saturated carbocycles. The van der Waals surface area contributed by atoms with Crippen LogP contribution in [0.3, 0.4) is 0 Å². The molecule has 2 aromatic heterocycles. The molecule has 10 heteroatoms. The molecule has 3 aliphatic rings. The van der Waals surface area contributed by atoms with Crippen molar-refractivity contribution in [1.82, 2.24) is 25.1 Å². The summed E-state index contributed by atoms with van der Waals surface area (Å²) in [5.74, 6) is 3.08. The Morgan fingerprint density at radius 2 is 1.94 bits per heavy atom. The first-order chi connectivity index (χ1) is 16.1. The number of aryl methyl sites for hydroxylation is 1. The van der Waals surface area contributed by atoms with Gasteiger partial charge in [0.15, 0.2) is 5.82 Å². The van der Waals surface area contributed by atoms with E-state index in [9.17, 15) is 0 Å². The monoisotopic (exact) mass is 451 g/mol. The van der Waals surface area contributed by atoms with Crippen molar-refractivity contribution in [3.8, 4) is 6.07 Å². The highest BCUT2D eigenvalue weighted by atomic mass is 16.5. The molecule has 10 nitrogen and oxygen atoms in total. The summed E-state index contributed by atoms with van der Waals surface area (Å²) in [7, 11) is 0. The van der Waals surface area contributed by atoms with Gasteiger partial charge >= 0.3 is 0 Å². The Hall–Kier alpha value is -2.90. The van der Waals surface area contributed by atoms with Crippen LogP contribution in [0.4, 0.5) is 23.4 Å². The maximum Gasteiger partial charge on any atom is 0.232 e. The van der Waals surface area contributed by atoms with E-state index >= 15 is 0 Å². The Labute approximate surface area is 194 Å². The standard InChI is InChI=1S/C23H33N9O/c1-15-12-20(30-29-15)26-23-27-21(16(2)22(28-23)31-8-10-33-11-9-31)25-17-13-18-4-5-19(14-17)32(18)7-3-6-24/h12,17-19H,3-5,7-11,13-14H2,1-2H3,(H3,25,26,27,28,29,30)/t17?,18-,19+. The summed E-state index contributed by atoms with van der Waals surface area (Å²) in [6.45, 7) is 8.02. The van der Waals surface area contributed by atoms with Crippen molar-refractivity contribution < 1.29 is 4.74 Å².